The van der Waals surface area contributed by atoms with Crippen molar-refractivity contribution >= 4 is 49.5 Å². The number of aromatic amines is 1. The van der Waals surface area contributed by atoms with Gasteiger partial charge in [-0.05, 0) is 61.9 Å². The van der Waals surface area contributed by atoms with Gasteiger partial charge >= 0.3 is 0 Å². The Labute approximate surface area is 250 Å². The van der Waals surface area contributed by atoms with Gasteiger partial charge in [0.15, 0.2) is 0 Å². The molecule has 2 saturated heterocycles. The standard InChI is InChI=1S/C31H34F2N5O4P/c1-18(39)36-14-12-22-9-11-27(30(42)37-13-4-6-19-5-2-3-7-26(19)37)38(22)29(41)25(17-36)35-28(40)24-16-20-15-21(31(32,33)43)8-10-23(20)34-24/h2-3,5,7-8,10,15-16,22,25,27,34H,4,6,9,11-14,17,43H2,1H3,(H,35,40)/t22-,25?,27+/m1/s1. The molecule has 2 fully saturated rings. The second-order valence-corrected chi connectivity index (χ2v) is 12.3. The Kier molecular flexibility index (Phi) is 7.71. The highest BCUT2D eigenvalue weighted by Gasteiger charge is 2.46. The number of aromatic nitrogens is 1. The maximum atomic E-state index is 14.2. The van der Waals surface area contributed by atoms with Gasteiger partial charge in [-0.25, -0.2) is 0 Å². The fourth-order valence-corrected chi connectivity index (χ4v) is 6.83. The zero-order valence-electron chi connectivity index (χ0n) is 23.8. The van der Waals surface area contributed by atoms with Gasteiger partial charge in [0.25, 0.3) is 11.6 Å². The number of carbonyl (C=O) groups is 4. The highest BCUT2D eigenvalue weighted by atomic mass is 31.0. The van der Waals surface area contributed by atoms with Crippen molar-refractivity contribution in [1.29, 1.82) is 0 Å². The molecule has 3 aliphatic rings. The zero-order valence-corrected chi connectivity index (χ0v) is 25.0. The number of aryl methyl sites for hydroxylation is 1. The molecule has 2 aromatic carbocycles. The minimum absolute atomic E-state index is 0.0414. The van der Waals surface area contributed by atoms with E-state index >= 15 is 0 Å². The molecule has 4 amide bonds. The smallest absolute Gasteiger partial charge is 0.283 e. The number of benzene rings is 2. The Morgan fingerprint density at radius 2 is 1.84 bits per heavy atom. The molecule has 0 radical (unpaired) electrons. The van der Waals surface area contributed by atoms with E-state index in [0.717, 1.165) is 24.1 Å². The van der Waals surface area contributed by atoms with E-state index in [-0.39, 0.29) is 35.7 Å². The third-order valence-electron chi connectivity index (χ3n) is 8.85. The van der Waals surface area contributed by atoms with Crippen LogP contribution < -0.4 is 10.2 Å². The van der Waals surface area contributed by atoms with Crippen LogP contribution in [-0.4, -0.2) is 76.2 Å². The maximum absolute atomic E-state index is 14.2. The largest absolute Gasteiger partial charge is 0.351 e. The normalized spacial score (nSPS) is 22.6. The molecule has 4 heterocycles. The zero-order chi connectivity index (χ0) is 30.5. The number of nitrogens with one attached hydrogen (secondary N) is 2. The van der Waals surface area contributed by atoms with Crippen LogP contribution in [0.5, 0.6) is 0 Å². The number of hydrogen-bond donors (Lipinski definition) is 2. The Morgan fingerprint density at radius 3 is 2.60 bits per heavy atom. The fraction of sp³-hybridized carbons (Fsp3) is 0.419. The Morgan fingerprint density at radius 1 is 1.05 bits per heavy atom. The lowest BCUT2D eigenvalue weighted by Gasteiger charge is -2.40. The first-order valence-corrected chi connectivity index (χ1v) is 15.2. The molecule has 12 heteroatoms. The number of nitrogens with zero attached hydrogens (tertiary/aromatic N) is 3. The first kappa shape index (κ1) is 29.2. The van der Waals surface area contributed by atoms with Crippen molar-refractivity contribution in [1.82, 2.24) is 20.1 Å². The van der Waals surface area contributed by atoms with Crippen LogP contribution >= 0.6 is 9.24 Å². The first-order chi connectivity index (χ1) is 20.5. The number of anilines is 1. The molecule has 2 N–H and O–H groups in total. The maximum Gasteiger partial charge on any atom is 0.283 e. The number of rotatable bonds is 4. The molecule has 4 atom stereocenters. The quantitative estimate of drug-likeness (QED) is 0.440. The van der Waals surface area contributed by atoms with Crippen molar-refractivity contribution in [2.24, 2.45) is 0 Å². The molecular formula is C31H34F2N5O4P. The lowest BCUT2D eigenvalue weighted by Crippen LogP contribution is -2.61. The van der Waals surface area contributed by atoms with Crippen LogP contribution in [0.25, 0.3) is 10.9 Å². The van der Waals surface area contributed by atoms with E-state index in [4.69, 9.17) is 0 Å². The van der Waals surface area contributed by atoms with Gasteiger partial charge in [-0.1, -0.05) is 33.5 Å². The van der Waals surface area contributed by atoms with E-state index in [0.29, 0.717) is 43.3 Å². The predicted octanol–water partition coefficient (Wildman–Crippen LogP) is 3.78. The molecule has 0 aliphatic carbocycles. The molecule has 9 nitrogen and oxygen atoms in total. The van der Waals surface area contributed by atoms with Crippen molar-refractivity contribution in [2.45, 2.75) is 62.8 Å². The van der Waals surface area contributed by atoms with Crippen LogP contribution in [0.4, 0.5) is 14.5 Å². The van der Waals surface area contributed by atoms with Crippen LogP contribution in [0.3, 0.4) is 0 Å². The number of alkyl halides is 2. The lowest BCUT2D eigenvalue weighted by atomic mass is 10.0. The number of H-pyrrole nitrogens is 1. The summed E-state index contributed by atoms with van der Waals surface area (Å²) >= 11 is 0. The lowest BCUT2D eigenvalue weighted by molar-refractivity contribution is -0.144. The first-order valence-electron chi connectivity index (χ1n) is 14.6. The van der Waals surface area contributed by atoms with E-state index in [1.54, 1.807) is 14.7 Å². The summed E-state index contributed by atoms with van der Waals surface area (Å²) in [5.41, 5.74) is -0.773. The van der Waals surface area contributed by atoms with E-state index in [2.05, 4.69) is 10.3 Å². The van der Waals surface area contributed by atoms with Gasteiger partial charge in [-0.2, -0.15) is 8.78 Å². The molecule has 1 aromatic heterocycles. The highest BCUT2D eigenvalue weighted by Crippen LogP contribution is 2.37. The third-order valence-corrected chi connectivity index (χ3v) is 9.19. The average molecular weight is 610 g/mol. The Balaban J connectivity index is 1.27. The molecule has 6 rings (SSSR count). The molecule has 0 saturated carbocycles. The molecule has 0 spiro atoms. The van der Waals surface area contributed by atoms with E-state index in [1.165, 1.54) is 40.4 Å². The van der Waals surface area contributed by atoms with Gasteiger partial charge in [-0.15, -0.1) is 0 Å². The van der Waals surface area contributed by atoms with Gasteiger partial charge < -0.3 is 25.0 Å². The van der Waals surface area contributed by atoms with E-state index in [1.807, 2.05) is 24.3 Å². The minimum atomic E-state index is -3.12. The number of para-hydroxylation sites is 1. The number of halogens is 2. The van der Waals surface area contributed by atoms with Crippen molar-refractivity contribution in [2.75, 3.05) is 24.5 Å². The summed E-state index contributed by atoms with van der Waals surface area (Å²) in [6, 6.07) is 11.3. The van der Waals surface area contributed by atoms with Crippen molar-refractivity contribution in [3.05, 3.63) is 65.4 Å². The van der Waals surface area contributed by atoms with Crippen molar-refractivity contribution < 1.29 is 28.0 Å². The SMILES string of the molecule is CC(=O)N1CC[C@H]2CC[C@@H](C(=O)N3CCCc4ccccc43)N2C(=O)C(NC(=O)c2cc3cc(C(F)(F)P)ccc3[nH]2)C1. The summed E-state index contributed by atoms with van der Waals surface area (Å²) in [6.45, 7) is 2.35. The molecule has 3 aliphatic heterocycles. The highest BCUT2D eigenvalue weighted by molar-refractivity contribution is 7.17. The molecular weight excluding hydrogens is 575 g/mol. The second-order valence-electron chi connectivity index (χ2n) is 11.6. The van der Waals surface area contributed by atoms with Crippen molar-refractivity contribution in [3.8, 4) is 0 Å². The van der Waals surface area contributed by atoms with Crippen LogP contribution in [-0.2, 0) is 26.5 Å². The molecule has 3 aromatic rings. The van der Waals surface area contributed by atoms with Gasteiger partial charge in [-0.3, -0.25) is 19.2 Å². The predicted molar refractivity (Wildman–Crippen MR) is 161 cm³/mol. The second kappa shape index (κ2) is 11.3. The average Bonchev–Trinajstić information content (AvgIpc) is 3.60. The minimum Gasteiger partial charge on any atom is -0.351 e. The molecule has 43 heavy (non-hydrogen) atoms. The van der Waals surface area contributed by atoms with Gasteiger partial charge in [0.1, 0.15) is 17.8 Å². The number of amides is 4. The van der Waals surface area contributed by atoms with Crippen molar-refractivity contribution in [3.63, 3.8) is 0 Å². The monoisotopic (exact) mass is 609 g/mol. The van der Waals surface area contributed by atoms with Gasteiger partial charge in [0.05, 0.1) is 0 Å². The molecule has 0 bridgehead atoms. The third kappa shape index (κ3) is 5.62. The topological polar surface area (TPSA) is 106 Å². The van der Waals surface area contributed by atoms with E-state index in [9.17, 15) is 28.0 Å². The molecule has 2 unspecified atom stereocenters. The number of hydrogen-bond acceptors (Lipinski definition) is 4. The summed E-state index contributed by atoms with van der Waals surface area (Å²) in [7, 11) is 1.50. The van der Waals surface area contributed by atoms with Crippen LogP contribution in [0.1, 0.15) is 54.2 Å². The Hall–Kier alpha value is -3.85. The van der Waals surface area contributed by atoms with Crippen LogP contribution in [0, 0.1) is 0 Å². The Bertz CT molecular complexity index is 1600. The summed E-state index contributed by atoms with van der Waals surface area (Å²) in [5.74, 6) is -1.37. The van der Waals surface area contributed by atoms with Gasteiger partial charge in [0, 0.05) is 54.8 Å². The fourth-order valence-electron chi connectivity index (χ4n) is 6.65. The van der Waals surface area contributed by atoms with Crippen LogP contribution in [0.2, 0.25) is 0 Å². The number of carbonyl (C=O) groups excluding carboxylic acids is 4. The van der Waals surface area contributed by atoms with E-state index < -0.39 is 29.6 Å². The molecule has 226 valence electrons. The van der Waals surface area contributed by atoms with Gasteiger partial charge in [0.2, 0.25) is 17.7 Å². The summed E-state index contributed by atoms with van der Waals surface area (Å²) in [4.78, 5) is 62.0. The van der Waals surface area contributed by atoms with Crippen LogP contribution in [0.15, 0.2) is 48.5 Å². The summed E-state index contributed by atoms with van der Waals surface area (Å²) in [6.07, 6.45) is 3.38. The summed E-state index contributed by atoms with van der Waals surface area (Å²) in [5, 5.41) is 3.20. The number of fused-ring (bicyclic) bond motifs is 3. The summed E-state index contributed by atoms with van der Waals surface area (Å²) < 4.78 is 27.7.